The van der Waals surface area contributed by atoms with Gasteiger partial charge in [0.15, 0.2) is 0 Å². The van der Waals surface area contributed by atoms with Crippen LogP contribution in [0.15, 0.2) is 54.1 Å². The lowest BCUT2D eigenvalue weighted by Gasteiger charge is -2.22. The predicted molar refractivity (Wildman–Crippen MR) is 107 cm³/mol. The van der Waals surface area contributed by atoms with Crippen LogP contribution in [-0.2, 0) is 9.59 Å². The number of hydrogen-bond donors (Lipinski definition) is 1. The largest absolute Gasteiger partial charge is 0.507 e. The van der Waals surface area contributed by atoms with E-state index in [1.165, 1.54) is 29.2 Å². The molecule has 1 aliphatic heterocycles. The minimum atomic E-state index is -0.941. The van der Waals surface area contributed by atoms with Crippen LogP contribution < -0.4 is 4.90 Å². The standard InChI is InChI=1S/C21H16FN3O3S/c1-11-3-5-14(6-4-11)18(26)16-17(13-7-9-15(22)10-8-13)25(20(28)19(16)27)21-24-23-12(2)29-21/h3-10,17,26H,1-2H3/t17-/m0/s1. The van der Waals surface area contributed by atoms with Crippen molar-refractivity contribution in [3.05, 3.63) is 81.6 Å². The van der Waals surface area contributed by atoms with Crippen LogP contribution in [0.2, 0.25) is 0 Å². The van der Waals surface area contributed by atoms with Crippen LogP contribution in [0.4, 0.5) is 9.52 Å². The highest BCUT2D eigenvalue weighted by atomic mass is 32.1. The number of aryl methyl sites for hydroxylation is 2. The third-order valence-electron chi connectivity index (χ3n) is 4.68. The summed E-state index contributed by atoms with van der Waals surface area (Å²) < 4.78 is 13.5. The van der Waals surface area contributed by atoms with Crippen molar-refractivity contribution in [2.75, 3.05) is 4.90 Å². The molecule has 1 aliphatic rings. The van der Waals surface area contributed by atoms with Crippen LogP contribution >= 0.6 is 11.3 Å². The molecule has 4 rings (SSSR count). The zero-order valence-corrected chi connectivity index (χ0v) is 16.4. The maximum atomic E-state index is 13.5. The van der Waals surface area contributed by atoms with Gasteiger partial charge in [-0.3, -0.25) is 14.5 Å². The Bertz CT molecular complexity index is 1140. The van der Waals surface area contributed by atoms with Crippen molar-refractivity contribution in [3.63, 3.8) is 0 Å². The average Bonchev–Trinajstić information content (AvgIpc) is 3.24. The zero-order chi connectivity index (χ0) is 20.7. The SMILES string of the molecule is Cc1ccc(C(O)=C2C(=O)C(=O)N(c3nnc(C)s3)[C@H]2c2ccc(F)cc2)cc1. The Hall–Kier alpha value is -3.39. The van der Waals surface area contributed by atoms with E-state index in [1.807, 2.05) is 6.92 Å². The number of Topliss-reactive ketones (excluding diaryl/α,β-unsaturated/α-hetero) is 1. The second kappa shape index (κ2) is 7.21. The average molecular weight is 409 g/mol. The number of aromatic nitrogens is 2. The third-order valence-corrected chi connectivity index (χ3v) is 5.51. The highest BCUT2D eigenvalue weighted by Crippen LogP contribution is 2.42. The lowest BCUT2D eigenvalue weighted by molar-refractivity contribution is -0.132. The van der Waals surface area contributed by atoms with Crippen molar-refractivity contribution >= 4 is 33.9 Å². The van der Waals surface area contributed by atoms with E-state index in [-0.39, 0.29) is 16.5 Å². The fourth-order valence-corrected chi connectivity index (χ4v) is 3.95. The van der Waals surface area contributed by atoms with E-state index in [0.29, 0.717) is 16.1 Å². The minimum absolute atomic E-state index is 0.0710. The second-order valence-corrected chi connectivity index (χ2v) is 7.85. The van der Waals surface area contributed by atoms with Crippen LogP contribution in [0.1, 0.15) is 27.7 Å². The number of ketones is 1. The van der Waals surface area contributed by atoms with Crippen LogP contribution in [0.5, 0.6) is 0 Å². The summed E-state index contributed by atoms with van der Waals surface area (Å²) in [7, 11) is 0. The molecule has 2 heterocycles. The quantitative estimate of drug-likeness (QED) is 0.403. The van der Waals surface area contributed by atoms with Gasteiger partial charge in [-0.1, -0.05) is 53.3 Å². The van der Waals surface area contributed by atoms with Gasteiger partial charge in [-0.05, 0) is 31.5 Å². The van der Waals surface area contributed by atoms with E-state index in [9.17, 15) is 19.1 Å². The molecule has 0 saturated carbocycles. The smallest absolute Gasteiger partial charge is 0.301 e. The Morgan fingerprint density at radius 2 is 1.69 bits per heavy atom. The Kier molecular flexibility index (Phi) is 4.71. The molecule has 0 spiro atoms. The van der Waals surface area contributed by atoms with Gasteiger partial charge in [-0.25, -0.2) is 4.39 Å². The molecule has 1 saturated heterocycles. The number of aliphatic hydroxyl groups is 1. The molecule has 6 nitrogen and oxygen atoms in total. The monoisotopic (exact) mass is 409 g/mol. The fourth-order valence-electron chi connectivity index (χ4n) is 3.24. The molecule has 1 N–H and O–H groups in total. The number of carbonyl (C=O) groups is 2. The Labute approximate surface area is 169 Å². The Morgan fingerprint density at radius 3 is 2.28 bits per heavy atom. The van der Waals surface area contributed by atoms with E-state index in [2.05, 4.69) is 10.2 Å². The number of aliphatic hydroxyl groups excluding tert-OH is 1. The van der Waals surface area contributed by atoms with Gasteiger partial charge >= 0.3 is 5.91 Å². The van der Waals surface area contributed by atoms with Gasteiger partial charge in [0.2, 0.25) is 5.13 Å². The van der Waals surface area contributed by atoms with Crippen molar-refractivity contribution in [1.82, 2.24) is 10.2 Å². The third kappa shape index (κ3) is 3.31. The van der Waals surface area contributed by atoms with Crippen molar-refractivity contribution in [2.45, 2.75) is 19.9 Å². The molecular formula is C21H16FN3O3S. The van der Waals surface area contributed by atoms with E-state index in [0.717, 1.165) is 16.9 Å². The molecule has 146 valence electrons. The summed E-state index contributed by atoms with van der Waals surface area (Å²) in [4.78, 5) is 27.0. The highest BCUT2D eigenvalue weighted by molar-refractivity contribution is 7.15. The first-order valence-electron chi connectivity index (χ1n) is 8.80. The van der Waals surface area contributed by atoms with Gasteiger partial charge in [-0.15, -0.1) is 10.2 Å². The van der Waals surface area contributed by atoms with E-state index in [4.69, 9.17) is 0 Å². The summed E-state index contributed by atoms with van der Waals surface area (Å²) in [5.41, 5.74) is 1.81. The molecule has 0 unspecified atom stereocenters. The van der Waals surface area contributed by atoms with Crippen molar-refractivity contribution in [1.29, 1.82) is 0 Å². The normalized spacial score (nSPS) is 18.4. The van der Waals surface area contributed by atoms with Gasteiger partial charge in [0, 0.05) is 5.56 Å². The van der Waals surface area contributed by atoms with Crippen molar-refractivity contribution in [2.24, 2.45) is 0 Å². The van der Waals surface area contributed by atoms with Crippen molar-refractivity contribution in [3.8, 4) is 0 Å². The number of carbonyl (C=O) groups excluding carboxylic acids is 2. The van der Waals surface area contributed by atoms with Gasteiger partial charge in [-0.2, -0.15) is 0 Å². The maximum Gasteiger partial charge on any atom is 0.301 e. The molecule has 0 bridgehead atoms. The van der Waals surface area contributed by atoms with E-state index >= 15 is 0 Å². The summed E-state index contributed by atoms with van der Waals surface area (Å²) in [6, 6.07) is 11.5. The highest BCUT2D eigenvalue weighted by Gasteiger charge is 2.48. The topological polar surface area (TPSA) is 83.4 Å². The summed E-state index contributed by atoms with van der Waals surface area (Å²) >= 11 is 1.16. The van der Waals surface area contributed by atoms with Crippen LogP contribution in [0.3, 0.4) is 0 Å². The van der Waals surface area contributed by atoms with Crippen molar-refractivity contribution < 1.29 is 19.1 Å². The van der Waals surface area contributed by atoms with Gasteiger partial charge in [0.25, 0.3) is 5.78 Å². The molecule has 29 heavy (non-hydrogen) atoms. The first-order valence-corrected chi connectivity index (χ1v) is 9.62. The Balaban J connectivity index is 1.93. The number of anilines is 1. The lowest BCUT2D eigenvalue weighted by atomic mass is 9.95. The predicted octanol–water partition coefficient (Wildman–Crippen LogP) is 3.92. The maximum absolute atomic E-state index is 13.5. The summed E-state index contributed by atoms with van der Waals surface area (Å²) in [5.74, 6) is -2.38. The van der Waals surface area contributed by atoms with Crippen LogP contribution in [0, 0.1) is 19.7 Å². The van der Waals surface area contributed by atoms with Gasteiger partial charge in [0.1, 0.15) is 16.6 Å². The summed E-state index contributed by atoms with van der Waals surface area (Å²) in [6.07, 6.45) is 0. The summed E-state index contributed by atoms with van der Waals surface area (Å²) in [5, 5.41) is 19.7. The molecule has 8 heteroatoms. The second-order valence-electron chi connectivity index (χ2n) is 6.69. The molecule has 0 aliphatic carbocycles. The number of amides is 1. The number of benzene rings is 2. The first-order chi connectivity index (χ1) is 13.9. The Morgan fingerprint density at radius 1 is 1.03 bits per heavy atom. The molecule has 2 aromatic carbocycles. The molecule has 1 aromatic heterocycles. The molecule has 1 atom stereocenters. The van der Waals surface area contributed by atoms with Gasteiger partial charge < -0.3 is 5.11 Å². The molecule has 1 fully saturated rings. The molecule has 0 radical (unpaired) electrons. The molecule has 1 amide bonds. The number of nitrogens with zero attached hydrogens (tertiary/aromatic N) is 3. The fraction of sp³-hybridized carbons (Fsp3) is 0.143. The van der Waals surface area contributed by atoms with E-state index < -0.39 is 23.5 Å². The van der Waals surface area contributed by atoms with E-state index in [1.54, 1.807) is 31.2 Å². The van der Waals surface area contributed by atoms with Gasteiger partial charge in [0.05, 0.1) is 11.6 Å². The number of halogens is 1. The first kappa shape index (κ1) is 18.9. The lowest BCUT2D eigenvalue weighted by Crippen LogP contribution is -2.29. The molecule has 3 aromatic rings. The molecular weight excluding hydrogens is 393 g/mol. The summed E-state index contributed by atoms with van der Waals surface area (Å²) in [6.45, 7) is 3.63. The number of hydrogen-bond acceptors (Lipinski definition) is 6. The zero-order valence-electron chi connectivity index (χ0n) is 15.6. The van der Waals surface area contributed by atoms with Crippen LogP contribution in [0.25, 0.3) is 5.76 Å². The minimum Gasteiger partial charge on any atom is -0.507 e. The number of rotatable bonds is 3. The van der Waals surface area contributed by atoms with Crippen LogP contribution in [-0.4, -0.2) is 27.0 Å².